The van der Waals surface area contributed by atoms with Crippen molar-refractivity contribution in [3.05, 3.63) is 94.5 Å². The maximum atomic E-state index is 10.9. The first-order valence-electron chi connectivity index (χ1n) is 11.1. The van der Waals surface area contributed by atoms with Gasteiger partial charge in [-0.15, -0.1) is 0 Å². The number of hydrogen-bond acceptors (Lipinski definition) is 4. The summed E-state index contributed by atoms with van der Waals surface area (Å²) in [7, 11) is 0. The first-order valence-corrected chi connectivity index (χ1v) is 11.1. The molecule has 166 valence electrons. The minimum Gasteiger partial charge on any atom is -0.491 e. The Hall–Kier alpha value is -3.22. The number of quaternary nitrogens is 1. The van der Waals surface area contributed by atoms with Crippen molar-refractivity contribution in [1.29, 1.82) is 0 Å². The van der Waals surface area contributed by atoms with Gasteiger partial charge in [0.25, 0.3) is 5.69 Å². The van der Waals surface area contributed by atoms with E-state index >= 15 is 0 Å². The highest BCUT2D eigenvalue weighted by Crippen LogP contribution is 2.26. The summed E-state index contributed by atoms with van der Waals surface area (Å²) in [6.45, 7) is 3.62. The lowest BCUT2D eigenvalue weighted by molar-refractivity contribution is -0.932. The first-order chi connectivity index (χ1) is 15.5. The van der Waals surface area contributed by atoms with Gasteiger partial charge in [-0.2, -0.15) is 0 Å². The molecule has 0 aromatic heterocycles. The van der Waals surface area contributed by atoms with Crippen molar-refractivity contribution in [2.75, 3.05) is 26.2 Å². The molecule has 1 aliphatic heterocycles. The number of aliphatic hydroxyl groups is 1. The molecule has 3 aromatic carbocycles. The summed E-state index contributed by atoms with van der Waals surface area (Å²) in [5, 5.41) is 21.6. The molecule has 0 spiro atoms. The Morgan fingerprint density at radius 1 is 0.906 bits per heavy atom. The van der Waals surface area contributed by atoms with Crippen LogP contribution in [0.25, 0.3) is 11.1 Å². The average molecular weight is 434 g/mol. The van der Waals surface area contributed by atoms with Crippen molar-refractivity contribution < 1.29 is 19.2 Å². The van der Waals surface area contributed by atoms with Crippen LogP contribution >= 0.6 is 0 Å². The molecule has 6 nitrogen and oxygen atoms in total. The summed E-state index contributed by atoms with van der Waals surface area (Å²) in [5.41, 5.74) is 3.45. The van der Waals surface area contributed by atoms with E-state index < -0.39 is 6.10 Å². The van der Waals surface area contributed by atoms with Gasteiger partial charge in [0, 0.05) is 30.5 Å². The van der Waals surface area contributed by atoms with Gasteiger partial charge in [-0.3, -0.25) is 10.1 Å². The fourth-order valence-corrected chi connectivity index (χ4v) is 4.59. The Balaban J connectivity index is 1.34. The van der Waals surface area contributed by atoms with Gasteiger partial charge in [-0.25, -0.2) is 0 Å². The van der Waals surface area contributed by atoms with E-state index in [9.17, 15) is 15.2 Å². The van der Waals surface area contributed by atoms with Crippen LogP contribution in [0.15, 0.2) is 78.9 Å². The summed E-state index contributed by atoms with van der Waals surface area (Å²) in [6.07, 6.45) is 1.67. The zero-order valence-corrected chi connectivity index (χ0v) is 18.1. The second kappa shape index (κ2) is 9.94. The zero-order valence-electron chi connectivity index (χ0n) is 18.1. The number of nitro benzene ring substituents is 1. The number of non-ortho nitro benzene ring substituents is 1. The number of aliphatic hydroxyl groups excluding tert-OH is 1. The summed E-state index contributed by atoms with van der Waals surface area (Å²) >= 11 is 0. The lowest BCUT2D eigenvalue weighted by atomic mass is 10.1. The molecule has 0 unspecified atom stereocenters. The molecule has 0 amide bonds. The monoisotopic (exact) mass is 433 g/mol. The molecule has 1 fully saturated rings. The highest BCUT2D eigenvalue weighted by molar-refractivity contribution is 5.63. The number of rotatable bonds is 9. The molecular weight excluding hydrogens is 404 g/mol. The number of nitrogens with zero attached hydrogens (tertiary/aromatic N) is 2. The van der Waals surface area contributed by atoms with Crippen LogP contribution < -0.4 is 4.74 Å². The zero-order chi connectivity index (χ0) is 22.4. The molecule has 32 heavy (non-hydrogen) atoms. The van der Waals surface area contributed by atoms with E-state index in [1.54, 1.807) is 12.1 Å². The fraction of sp³-hybridized carbons (Fsp3) is 0.308. The average Bonchev–Trinajstić information content (AvgIpc) is 3.26. The molecule has 1 heterocycles. The van der Waals surface area contributed by atoms with Crippen LogP contribution in [0.2, 0.25) is 0 Å². The molecule has 1 saturated heterocycles. The molecule has 0 aliphatic carbocycles. The number of nitro groups is 1. The largest absolute Gasteiger partial charge is 0.491 e. The topological polar surface area (TPSA) is 72.6 Å². The lowest BCUT2D eigenvalue weighted by Gasteiger charge is -2.36. The predicted octanol–water partition coefficient (Wildman–Crippen LogP) is 4.81. The molecule has 3 aromatic rings. The Bertz CT molecular complexity index is 1010. The third-order valence-corrected chi connectivity index (χ3v) is 6.18. The molecule has 6 heteroatoms. The smallest absolute Gasteiger partial charge is 0.269 e. The minimum absolute atomic E-state index is 0.105. The number of ether oxygens (including phenoxy) is 1. The number of hydrogen-bond donors (Lipinski definition) is 1. The van der Waals surface area contributed by atoms with Crippen LogP contribution in [0.5, 0.6) is 5.75 Å². The van der Waals surface area contributed by atoms with Gasteiger partial charge in [0.1, 0.15) is 31.5 Å². The maximum absolute atomic E-state index is 10.9. The van der Waals surface area contributed by atoms with Gasteiger partial charge in [0.2, 0.25) is 0 Å². The van der Waals surface area contributed by atoms with E-state index in [1.165, 1.54) is 0 Å². The summed E-state index contributed by atoms with van der Waals surface area (Å²) in [6, 6.07) is 24.9. The standard InChI is InChI=1S/C26H29N2O4/c29-25(20-32-26-14-10-23(11-15-26)22-6-2-1-3-7-22)19-28(16-4-5-17-28)18-21-8-12-24(13-9-21)27(30)31/h1-3,6-15,25,29H,4-5,16-20H2/q+1/t25-/m1/s1. The van der Waals surface area contributed by atoms with Crippen molar-refractivity contribution in [1.82, 2.24) is 0 Å². The minimum atomic E-state index is -0.583. The molecular formula is C26H29N2O4+. The maximum Gasteiger partial charge on any atom is 0.269 e. The summed E-state index contributed by atoms with van der Waals surface area (Å²) < 4.78 is 6.66. The predicted molar refractivity (Wildman–Crippen MR) is 124 cm³/mol. The SMILES string of the molecule is O=[N+]([O-])c1ccc(C[N+]2(C[C@@H](O)COc3ccc(-c4ccccc4)cc3)CCCC2)cc1. The molecule has 1 aliphatic rings. The van der Waals surface area contributed by atoms with Crippen LogP contribution in [0.3, 0.4) is 0 Å². The Morgan fingerprint density at radius 2 is 1.53 bits per heavy atom. The lowest BCUT2D eigenvalue weighted by Crippen LogP contribution is -2.50. The Kier molecular flexibility index (Phi) is 6.83. The van der Waals surface area contributed by atoms with E-state index in [0.29, 0.717) is 6.54 Å². The third kappa shape index (κ3) is 5.52. The molecule has 0 saturated carbocycles. The van der Waals surface area contributed by atoms with Crippen molar-refractivity contribution in [3.63, 3.8) is 0 Å². The van der Waals surface area contributed by atoms with Crippen LogP contribution in [-0.2, 0) is 6.54 Å². The molecule has 0 bridgehead atoms. The van der Waals surface area contributed by atoms with E-state index in [1.807, 2.05) is 54.6 Å². The van der Waals surface area contributed by atoms with Crippen molar-refractivity contribution >= 4 is 5.69 Å². The normalized spacial score (nSPS) is 15.9. The van der Waals surface area contributed by atoms with Crippen molar-refractivity contribution in [3.8, 4) is 16.9 Å². The van der Waals surface area contributed by atoms with Crippen molar-refractivity contribution in [2.45, 2.75) is 25.5 Å². The molecule has 0 radical (unpaired) electrons. The molecule has 4 rings (SSSR count). The van der Waals surface area contributed by atoms with Crippen LogP contribution in [0, 0.1) is 10.1 Å². The second-order valence-electron chi connectivity index (χ2n) is 8.62. The van der Waals surface area contributed by atoms with Crippen LogP contribution in [0.1, 0.15) is 18.4 Å². The molecule has 1 atom stereocenters. The highest BCUT2D eigenvalue weighted by atomic mass is 16.6. The van der Waals surface area contributed by atoms with Gasteiger partial charge < -0.3 is 14.3 Å². The molecule has 1 N–H and O–H groups in total. The van der Waals surface area contributed by atoms with Gasteiger partial charge >= 0.3 is 0 Å². The number of likely N-dealkylation sites (tertiary alicyclic amines) is 1. The Labute approximate surface area is 188 Å². The van der Waals surface area contributed by atoms with E-state index in [0.717, 1.165) is 59.4 Å². The van der Waals surface area contributed by atoms with Gasteiger partial charge in [0.05, 0.1) is 18.0 Å². The van der Waals surface area contributed by atoms with E-state index in [-0.39, 0.29) is 17.2 Å². The van der Waals surface area contributed by atoms with Gasteiger partial charge in [0.15, 0.2) is 0 Å². The highest BCUT2D eigenvalue weighted by Gasteiger charge is 2.34. The van der Waals surface area contributed by atoms with Gasteiger partial charge in [-0.05, 0) is 35.4 Å². The van der Waals surface area contributed by atoms with E-state index in [4.69, 9.17) is 4.74 Å². The first kappa shape index (κ1) is 22.0. The van der Waals surface area contributed by atoms with Crippen molar-refractivity contribution in [2.24, 2.45) is 0 Å². The fourth-order valence-electron chi connectivity index (χ4n) is 4.59. The number of benzene rings is 3. The summed E-state index contributed by atoms with van der Waals surface area (Å²) in [4.78, 5) is 10.5. The Morgan fingerprint density at radius 3 is 2.16 bits per heavy atom. The second-order valence-corrected chi connectivity index (χ2v) is 8.62. The van der Waals surface area contributed by atoms with Crippen LogP contribution in [0.4, 0.5) is 5.69 Å². The quantitative estimate of drug-likeness (QED) is 0.299. The van der Waals surface area contributed by atoms with Gasteiger partial charge in [-0.1, -0.05) is 42.5 Å². The van der Waals surface area contributed by atoms with E-state index in [2.05, 4.69) is 12.1 Å². The summed E-state index contributed by atoms with van der Waals surface area (Å²) in [5.74, 6) is 0.743. The van der Waals surface area contributed by atoms with Crippen LogP contribution in [-0.4, -0.2) is 46.9 Å². The third-order valence-electron chi connectivity index (χ3n) is 6.18.